The number of aromatic nitrogens is 4. The van der Waals surface area contributed by atoms with Crippen LogP contribution in [0.4, 0.5) is 10.9 Å². The molecule has 2 atom stereocenters. The van der Waals surface area contributed by atoms with E-state index in [1.165, 1.54) is 29.8 Å². The van der Waals surface area contributed by atoms with Crippen LogP contribution in [0.25, 0.3) is 0 Å². The Morgan fingerprint density at radius 1 is 1.28 bits per heavy atom. The van der Waals surface area contributed by atoms with Crippen molar-refractivity contribution in [1.29, 1.82) is 0 Å². The minimum atomic E-state index is -0.683. The van der Waals surface area contributed by atoms with Gasteiger partial charge in [0.25, 0.3) is 11.1 Å². The molecule has 3 aromatic rings. The fraction of sp³-hybridized carbons (Fsp3) is 0.389. The van der Waals surface area contributed by atoms with Gasteiger partial charge in [-0.3, -0.25) is 10.1 Å². The number of rotatable bonds is 7. The summed E-state index contributed by atoms with van der Waals surface area (Å²) in [7, 11) is 1.51. The van der Waals surface area contributed by atoms with Gasteiger partial charge < -0.3 is 14.4 Å². The minimum Gasteiger partial charge on any atom is -0.464 e. The van der Waals surface area contributed by atoms with E-state index in [1.54, 1.807) is 6.20 Å². The SMILES string of the molecule is CO[C@@H](C(=O)Nc1nnc(O[C@@H]2CCN(c3cccnn3)C2)s1)c1ccc(C)s1. The minimum absolute atomic E-state index is 0.0191. The molecule has 1 aliphatic rings. The Morgan fingerprint density at radius 2 is 2.17 bits per heavy atom. The number of methoxy groups -OCH3 is 1. The van der Waals surface area contributed by atoms with Gasteiger partial charge in [0.2, 0.25) is 5.13 Å². The number of carbonyl (C=O) groups excluding carboxylic acids is 1. The highest BCUT2D eigenvalue weighted by molar-refractivity contribution is 7.17. The molecule has 0 bridgehead atoms. The topological polar surface area (TPSA) is 102 Å². The normalized spacial score (nSPS) is 17.3. The van der Waals surface area contributed by atoms with Crippen molar-refractivity contribution < 1.29 is 14.3 Å². The Hall–Kier alpha value is -2.63. The average Bonchev–Trinajstić information content (AvgIpc) is 3.46. The second-order valence-corrected chi connectivity index (χ2v) is 8.74. The van der Waals surface area contributed by atoms with Crippen molar-refractivity contribution in [3.8, 4) is 5.19 Å². The first-order valence-corrected chi connectivity index (χ1v) is 10.7. The third kappa shape index (κ3) is 4.69. The van der Waals surface area contributed by atoms with Crippen molar-refractivity contribution in [2.24, 2.45) is 0 Å². The molecule has 3 aromatic heterocycles. The Morgan fingerprint density at radius 3 is 2.90 bits per heavy atom. The van der Waals surface area contributed by atoms with Gasteiger partial charge in [-0.15, -0.1) is 21.5 Å². The molecule has 1 fully saturated rings. The van der Waals surface area contributed by atoms with Gasteiger partial charge in [-0.25, -0.2) is 0 Å². The largest absolute Gasteiger partial charge is 0.464 e. The molecule has 1 saturated heterocycles. The maximum atomic E-state index is 12.6. The van der Waals surface area contributed by atoms with Gasteiger partial charge in [0, 0.05) is 36.0 Å². The number of aryl methyl sites for hydroxylation is 1. The number of carbonyl (C=O) groups is 1. The summed E-state index contributed by atoms with van der Waals surface area (Å²) in [6, 6.07) is 7.64. The number of amides is 1. The highest BCUT2D eigenvalue weighted by Gasteiger charge is 2.27. The molecule has 0 aliphatic carbocycles. The highest BCUT2D eigenvalue weighted by atomic mass is 32.1. The molecule has 1 aliphatic heterocycles. The van der Waals surface area contributed by atoms with Crippen molar-refractivity contribution in [3.63, 3.8) is 0 Å². The zero-order valence-electron chi connectivity index (χ0n) is 15.9. The molecule has 9 nitrogen and oxygen atoms in total. The second-order valence-electron chi connectivity index (χ2n) is 6.48. The van der Waals surface area contributed by atoms with Crippen LogP contribution in [0.3, 0.4) is 0 Å². The van der Waals surface area contributed by atoms with Crippen LogP contribution in [0, 0.1) is 6.92 Å². The van der Waals surface area contributed by atoms with Gasteiger partial charge in [-0.05, 0) is 42.5 Å². The van der Waals surface area contributed by atoms with Crippen LogP contribution in [0.1, 0.15) is 22.3 Å². The lowest BCUT2D eigenvalue weighted by Gasteiger charge is -2.16. The number of nitrogens with zero attached hydrogens (tertiary/aromatic N) is 5. The lowest BCUT2D eigenvalue weighted by Crippen LogP contribution is -2.25. The Balaban J connectivity index is 1.33. The molecule has 1 N–H and O–H groups in total. The zero-order valence-corrected chi connectivity index (χ0v) is 17.6. The van der Waals surface area contributed by atoms with Gasteiger partial charge in [0.15, 0.2) is 11.9 Å². The van der Waals surface area contributed by atoms with Crippen molar-refractivity contribution in [2.45, 2.75) is 25.6 Å². The van der Waals surface area contributed by atoms with E-state index in [9.17, 15) is 4.79 Å². The quantitative estimate of drug-likeness (QED) is 0.608. The lowest BCUT2D eigenvalue weighted by atomic mass is 10.2. The van der Waals surface area contributed by atoms with Gasteiger partial charge in [-0.2, -0.15) is 5.10 Å². The Kier molecular flexibility index (Phi) is 5.97. The number of hydrogen-bond donors (Lipinski definition) is 1. The molecule has 4 heterocycles. The molecular formula is C18H20N6O3S2. The predicted octanol–water partition coefficient (Wildman–Crippen LogP) is 2.68. The zero-order chi connectivity index (χ0) is 20.2. The molecule has 0 unspecified atom stereocenters. The Bertz CT molecular complexity index is 963. The summed E-state index contributed by atoms with van der Waals surface area (Å²) in [5, 5.41) is 19.7. The fourth-order valence-electron chi connectivity index (χ4n) is 3.06. The summed E-state index contributed by atoms with van der Waals surface area (Å²) in [5.74, 6) is 0.546. The van der Waals surface area contributed by atoms with E-state index in [-0.39, 0.29) is 12.0 Å². The molecule has 29 heavy (non-hydrogen) atoms. The number of ether oxygens (including phenoxy) is 2. The van der Waals surface area contributed by atoms with E-state index in [0.29, 0.717) is 16.9 Å². The third-order valence-corrected chi connectivity index (χ3v) is 6.20. The summed E-state index contributed by atoms with van der Waals surface area (Å²) in [6.07, 6.45) is 1.80. The van der Waals surface area contributed by atoms with Crippen LogP contribution < -0.4 is 15.0 Å². The first-order chi connectivity index (χ1) is 14.1. The molecule has 1 amide bonds. The van der Waals surface area contributed by atoms with Crippen LogP contribution in [0.2, 0.25) is 0 Å². The van der Waals surface area contributed by atoms with Gasteiger partial charge >= 0.3 is 0 Å². The van der Waals surface area contributed by atoms with E-state index in [2.05, 4.69) is 30.6 Å². The monoisotopic (exact) mass is 432 g/mol. The van der Waals surface area contributed by atoms with Crippen LogP contribution in [-0.2, 0) is 9.53 Å². The van der Waals surface area contributed by atoms with E-state index in [1.807, 2.05) is 31.2 Å². The summed E-state index contributed by atoms with van der Waals surface area (Å²) in [4.78, 5) is 16.6. The number of thiophene rings is 1. The van der Waals surface area contributed by atoms with E-state index >= 15 is 0 Å². The molecule has 152 valence electrons. The van der Waals surface area contributed by atoms with Crippen LogP contribution in [0.5, 0.6) is 5.19 Å². The summed E-state index contributed by atoms with van der Waals surface area (Å²) < 4.78 is 11.3. The average molecular weight is 433 g/mol. The van der Waals surface area contributed by atoms with Crippen LogP contribution >= 0.6 is 22.7 Å². The number of nitrogens with one attached hydrogen (secondary N) is 1. The van der Waals surface area contributed by atoms with Crippen LogP contribution in [-0.4, -0.2) is 52.6 Å². The summed E-state index contributed by atoms with van der Waals surface area (Å²) in [5.41, 5.74) is 0. The maximum absolute atomic E-state index is 12.6. The summed E-state index contributed by atoms with van der Waals surface area (Å²) in [6.45, 7) is 3.52. The predicted molar refractivity (Wildman–Crippen MR) is 111 cm³/mol. The molecular weight excluding hydrogens is 412 g/mol. The smallest absolute Gasteiger partial charge is 0.296 e. The first-order valence-electron chi connectivity index (χ1n) is 9.05. The number of anilines is 2. The Labute approximate surface area is 175 Å². The van der Waals surface area contributed by atoms with Crippen molar-refractivity contribution in [1.82, 2.24) is 20.4 Å². The molecule has 0 aromatic carbocycles. The third-order valence-electron chi connectivity index (χ3n) is 4.42. The van der Waals surface area contributed by atoms with Crippen molar-refractivity contribution in [3.05, 3.63) is 40.2 Å². The molecule has 0 saturated carbocycles. The molecule has 11 heteroatoms. The standard InChI is InChI=1S/C18H20N6O3S2/c1-11-5-6-13(28-11)15(26-2)16(25)20-17-22-23-18(29-17)27-12-7-9-24(10-12)14-4-3-8-19-21-14/h3-6,8,12,15H,7,9-10H2,1-2H3,(H,20,22,25)/t12-,15-/m1/s1. The van der Waals surface area contributed by atoms with E-state index < -0.39 is 6.10 Å². The molecule has 0 spiro atoms. The van der Waals surface area contributed by atoms with Gasteiger partial charge in [0.05, 0.1) is 6.54 Å². The fourth-order valence-corrected chi connectivity index (χ4v) is 4.68. The van der Waals surface area contributed by atoms with Crippen molar-refractivity contribution in [2.75, 3.05) is 30.4 Å². The van der Waals surface area contributed by atoms with Gasteiger partial charge in [-0.1, -0.05) is 5.10 Å². The second kappa shape index (κ2) is 8.80. The van der Waals surface area contributed by atoms with E-state index in [0.717, 1.165) is 28.5 Å². The summed E-state index contributed by atoms with van der Waals surface area (Å²) >= 11 is 2.73. The van der Waals surface area contributed by atoms with Crippen LogP contribution in [0.15, 0.2) is 30.5 Å². The lowest BCUT2D eigenvalue weighted by molar-refractivity contribution is -0.125. The number of hydrogen-bond acceptors (Lipinski definition) is 10. The van der Waals surface area contributed by atoms with E-state index in [4.69, 9.17) is 9.47 Å². The van der Waals surface area contributed by atoms with Gasteiger partial charge in [0.1, 0.15) is 6.10 Å². The molecule has 4 rings (SSSR count). The maximum Gasteiger partial charge on any atom is 0.296 e. The van der Waals surface area contributed by atoms with Crippen molar-refractivity contribution >= 4 is 39.5 Å². The highest BCUT2D eigenvalue weighted by Crippen LogP contribution is 2.29. The first kappa shape index (κ1) is 19.7. The molecule has 0 radical (unpaired) electrons.